The average molecular weight is 363 g/mol. The Kier molecular flexibility index (Phi) is 4.74. The fourth-order valence-electron chi connectivity index (χ4n) is 3.04. The van der Waals surface area contributed by atoms with Gasteiger partial charge in [-0.25, -0.2) is 4.98 Å². The number of pyridine rings is 1. The molecule has 3 rings (SSSR count). The quantitative estimate of drug-likeness (QED) is 0.847. The van der Waals surface area contributed by atoms with Crippen molar-refractivity contribution in [2.45, 2.75) is 37.8 Å². The Morgan fingerprint density at radius 1 is 1.27 bits per heavy atom. The first-order valence-electron chi connectivity index (χ1n) is 7.56. The van der Waals surface area contributed by atoms with Gasteiger partial charge < -0.3 is 10.1 Å². The van der Waals surface area contributed by atoms with E-state index in [2.05, 4.69) is 26.2 Å². The van der Waals surface area contributed by atoms with E-state index in [1.807, 2.05) is 24.3 Å². The van der Waals surface area contributed by atoms with E-state index in [0.717, 1.165) is 36.6 Å². The van der Waals surface area contributed by atoms with E-state index < -0.39 is 0 Å². The second-order valence-electron chi connectivity index (χ2n) is 5.69. The molecule has 4 nitrogen and oxygen atoms in total. The fourth-order valence-corrected chi connectivity index (χ4v) is 3.46. The van der Waals surface area contributed by atoms with Crippen LogP contribution < -0.4 is 5.32 Å². The molecule has 0 bridgehead atoms. The second kappa shape index (κ2) is 6.75. The number of para-hydroxylation sites is 1. The Hall–Kier alpha value is -1.46. The molecule has 1 aromatic carbocycles. The minimum atomic E-state index is -0.0276. The average Bonchev–Trinajstić information content (AvgIpc) is 2.54. The number of hydrogen-bond donors (Lipinski definition) is 1. The van der Waals surface area contributed by atoms with Gasteiger partial charge in [0.15, 0.2) is 0 Å². The number of hydrogen-bond acceptors (Lipinski definition) is 3. The summed E-state index contributed by atoms with van der Waals surface area (Å²) in [5.74, 6) is -0.0276. The Bertz CT molecular complexity index is 681. The van der Waals surface area contributed by atoms with Gasteiger partial charge in [-0.2, -0.15) is 0 Å². The molecule has 0 atom stereocenters. The standard InChI is InChI=1S/C17H19BrN2O2/c1-22-12-8-6-11(7-9-12)19-17(21)14-10-16(18)20-15-5-3-2-4-13(14)15/h2-5,10-12H,6-9H2,1H3,(H,19,21). The third kappa shape index (κ3) is 3.31. The first-order chi connectivity index (χ1) is 10.7. The minimum Gasteiger partial charge on any atom is -0.381 e. The number of benzene rings is 1. The predicted molar refractivity (Wildman–Crippen MR) is 90.0 cm³/mol. The lowest BCUT2D eigenvalue weighted by Gasteiger charge is -2.28. The lowest BCUT2D eigenvalue weighted by Crippen LogP contribution is -2.39. The number of rotatable bonds is 3. The molecule has 0 unspecified atom stereocenters. The number of ether oxygens (including phenoxy) is 1. The summed E-state index contributed by atoms with van der Waals surface area (Å²) in [6.45, 7) is 0. The zero-order chi connectivity index (χ0) is 15.5. The number of nitrogens with zero attached hydrogens (tertiary/aromatic N) is 1. The number of halogens is 1. The van der Waals surface area contributed by atoms with Crippen LogP contribution in [0.1, 0.15) is 36.0 Å². The maximum absolute atomic E-state index is 12.6. The molecule has 1 amide bonds. The predicted octanol–water partition coefficient (Wildman–Crippen LogP) is 3.68. The van der Waals surface area contributed by atoms with Crippen molar-refractivity contribution >= 4 is 32.7 Å². The van der Waals surface area contributed by atoms with Crippen molar-refractivity contribution in [3.05, 3.63) is 40.5 Å². The summed E-state index contributed by atoms with van der Waals surface area (Å²) in [4.78, 5) is 17.0. The third-order valence-corrected chi connectivity index (χ3v) is 4.68. The van der Waals surface area contributed by atoms with Gasteiger partial charge in [-0.05, 0) is 53.7 Å². The molecule has 0 aliphatic heterocycles. The molecule has 2 aromatic rings. The summed E-state index contributed by atoms with van der Waals surface area (Å²) in [6.07, 6.45) is 4.27. The highest BCUT2D eigenvalue weighted by molar-refractivity contribution is 9.10. The highest BCUT2D eigenvalue weighted by Crippen LogP contribution is 2.24. The Morgan fingerprint density at radius 2 is 2.00 bits per heavy atom. The van der Waals surface area contributed by atoms with Crippen molar-refractivity contribution in [3.63, 3.8) is 0 Å². The first kappa shape index (κ1) is 15.4. The number of fused-ring (bicyclic) bond motifs is 1. The minimum absolute atomic E-state index is 0.0276. The van der Waals surface area contributed by atoms with Crippen molar-refractivity contribution in [2.75, 3.05) is 7.11 Å². The number of carbonyl (C=O) groups is 1. The zero-order valence-electron chi connectivity index (χ0n) is 12.5. The number of aromatic nitrogens is 1. The maximum atomic E-state index is 12.6. The van der Waals surface area contributed by atoms with Crippen LogP contribution in [0.3, 0.4) is 0 Å². The topological polar surface area (TPSA) is 51.2 Å². The van der Waals surface area contributed by atoms with Gasteiger partial charge in [0, 0.05) is 18.5 Å². The molecule has 1 N–H and O–H groups in total. The van der Waals surface area contributed by atoms with Gasteiger partial charge in [0.05, 0.1) is 17.2 Å². The van der Waals surface area contributed by atoms with Crippen molar-refractivity contribution in [1.29, 1.82) is 0 Å². The van der Waals surface area contributed by atoms with E-state index in [1.165, 1.54) is 0 Å². The highest BCUT2D eigenvalue weighted by atomic mass is 79.9. The summed E-state index contributed by atoms with van der Waals surface area (Å²) in [5, 5.41) is 4.04. The summed E-state index contributed by atoms with van der Waals surface area (Å²) in [7, 11) is 1.75. The molecule has 5 heteroatoms. The molecule has 1 saturated carbocycles. The SMILES string of the molecule is COC1CCC(NC(=O)c2cc(Br)nc3ccccc23)CC1. The smallest absolute Gasteiger partial charge is 0.252 e. The van der Waals surface area contributed by atoms with Gasteiger partial charge in [0.2, 0.25) is 0 Å². The Labute approximate surface area is 138 Å². The number of nitrogens with one attached hydrogen (secondary N) is 1. The Morgan fingerprint density at radius 3 is 2.73 bits per heavy atom. The van der Waals surface area contributed by atoms with Crippen LogP contribution in [0.2, 0.25) is 0 Å². The molecular formula is C17H19BrN2O2. The van der Waals surface area contributed by atoms with Crippen molar-refractivity contribution < 1.29 is 9.53 Å². The summed E-state index contributed by atoms with van der Waals surface area (Å²) < 4.78 is 6.06. The van der Waals surface area contributed by atoms with E-state index >= 15 is 0 Å². The van der Waals surface area contributed by atoms with Crippen LogP contribution in [-0.2, 0) is 4.74 Å². The third-order valence-electron chi connectivity index (χ3n) is 4.27. The monoisotopic (exact) mass is 362 g/mol. The molecule has 1 aliphatic carbocycles. The molecule has 116 valence electrons. The lowest BCUT2D eigenvalue weighted by atomic mass is 9.92. The van der Waals surface area contributed by atoms with Crippen LogP contribution in [0.15, 0.2) is 34.9 Å². The van der Waals surface area contributed by atoms with Crippen molar-refractivity contribution in [2.24, 2.45) is 0 Å². The normalized spacial score (nSPS) is 21.7. The maximum Gasteiger partial charge on any atom is 0.252 e. The molecule has 1 fully saturated rings. The molecule has 22 heavy (non-hydrogen) atoms. The number of amides is 1. The van der Waals surface area contributed by atoms with Crippen molar-refractivity contribution in [3.8, 4) is 0 Å². The van der Waals surface area contributed by atoms with Crippen LogP contribution in [-0.4, -0.2) is 30.1 Å². The van der Waals surface area contributed by atoms with Crippen LogP contribution in [0, 0.1) is 0 Å². The van der Waals surface area contributed by atoms with Gasteiger partial charge in [0.25, 0.3) is 5.91 Å². The Balaban J connectivity index is 1.78. The molecule has 1 aliphatic rings. The zero-order valence-corrected chi connectivity index (χ0v) is 14.1. The van der Waals surface area contributed by atoms with Crippen LogP contribution >= 0.6 is 15.9 Å². The van der Waals surface area contributed by atoms with E-state index in [0.29, 0.717) is 16.3 Å². The highest BCUT2D eigenvalue weighted by Gasteiger charge is 2.23. The van der Waals surface area contributed by atoms with Crippen molar-refractivity contribution in [1.82, 2.24) is 10.3 Å². The molecular weight excluding hydrogens is 344 g/mol. The van der Waals surface area contributed by atoms with E-state index in [4.69, 9.17) is 4.74 Å². The largest absolute Gasteiger partial charge is 0.381 e. The number of carbonyl (C=O) groups excluding carboxylic acids is 1. The molecule has 1 heterocycles. The fraction of sp³-hybridized carbons (Fsp3) is 0.412. The van der Waals surface area contributed by atoms with Gasteiger partial charge >= 0.3 is 0 Å². The molecule has 0 spiro atoms. The van der Waals surface area contributed by atoms with Crippen LogP contribution in [0.5, 0.6) is 0 Å². The first-order valence-corrected chi connectivity index (χ1v) is 8.35. The van der Waals surface area contributed by atoms with Gasteiger partial charge in [-0.3, -0.25) is 4.79 Å². The summed E-state index contributed by atoms with van der Waals surface area (Å²) in [6, 6.07) is 9.73. The van der Waals surface area contributed by atoms with E-state index in [1.54, 1.807) is 13.2 Å². The van der Waals surface area contributed by atoms with Crippen LogP contribution in [0.4, 0.5) is 0 Å². The molecule has 0 saturated heterocycles. The summed E-state index contributed by atoms with van der Waals surface area (Å²) in [5.41, 5.74) is 1.50. The number of methoxy groups -OCH3 is 1. The molecule has 1 aromatic heterocycles. The van der Waals surface area contributed by atoms with Crippen LogP contribution in [0.25, 0.3) is 10.9 Å². The second-order valence-corrected chi connectivity index (χ2v) is 6.50. The summed E-state index contributed by atoms with van der Waals surface area (Å²) >= 11 is 3.39. The van der Waals surface area contributed by atoms with Gasteiger partial charge in [-0.15, -0.1) is 0 Å². The van der Waals surface area contributed by atoms with E-state index in [-0.39, 0.29) is 11.9 Å². The van der Waals surface area contributed by atoms with Gasteiger partial charge in [-0.1, -0.05) is 18.2 Å². The lowest BCUT2D eigenvalue weighted by molar-refractivity contribution is 0.0599. The van der Waals surface area contributed by atoms with Gasteiger partial charge in [0.1, 0.15) is 4.60 Å². The molecule has 0 radical (unpaired) electrons. The van der Waals surface area contributed by atoms with E-state index in [9.17, 15) is 4.79 Å².